The van der Waals surface area contributed by atoms with Crippen molar-refractivity contribution in [3.63, 3.8) is 0 Å². The molecule has 3 aromatic rings. The SMILES string of the molecule is CC(C)c1ccc(-c2nc(COC(=O)/C=C/c3ccccc3F)cs2)cc1. The van der Waals surface area contributed by atoms with E-state index in [1.54, 1.807) is 18.2 Å². The number of halogens is 1. The average Bonchev–Trinajstić information content (AvgIpc) is 3.15. The Bertz CT molecular complexity index is 945. The van der Waals surface area contributed by atoms with Crippen molar-refractivity contribution in [3.05, 3.63) is 82.6 Å². The van der Waals surface area contributed by atoms with Crippen molar-refractivity contribution in [1.82, 2.24) is 4.98 Å². The molecule has 0 radical (unpaired) electrons. The van der Waals surface area contributed by atoms with Gasteiger partial charge in [0.1, 0.15) is 17.4 Å². The predicted molar refractivity (Wildman–Crippen MR) is 107 cm³/mol. The molecule has 0 atom stereocenters. The first-order valence-electron chi connectivity index (χ1n) is 8.67. The number of aromatic nitrogens is 1. The molecule has 0 aliphatic carbocycles. The standard InChI is InChI=1S/C22H20FNO2S/c1-15(2)16-7-9-18(10-8-16)22-24-19(14-27-22)13-26-21(25)12-11-17-5-3-4-6-20(17)23/h3-12,14-15H,13H2,1-2H3/b12-11+. The molecule has 2 aromatic carbocycles. The number of esters is 1. The second kappa shape index (κ2) is 8.73. The van der Waals surface area contributed by atoms with Gasteiger partial charge in [0.25, 0.3) is 0 Å². The summed E-state index contributed by atoms with van der Waals surface area (Å²) < 4.78 is 18.7. The minimum absolute atomic E-state index is 0.0843. The van der Waals surface area contributed by atoms with Crippen molar-refractivity contribution in [2.24, 2.45) is 0 Å². The number of thiazole rings is 1. The summed E-state index contributed by atoms with van der Waals surface area (Å²) in [5.41, 5.74) is 3.36. The van der Waals surface area contributed by atoms with Gasteiger partial charge in [-0.05, 0) is 23.6 Å². The Morgan fingerprint density at radius 1 is 1.19 bits per heavy atom. The zero-order valence-corrected chi connectivity index (χ0v) is 16.0. The van der Waals surface area contributed by atoms with Crippen molar-refractivity contribution < 1.29 is 13.9 Å². The Balaban J connectivity index is 1.58. The van der Waals surface area contributed by atoms with Crippen molar-refractivity contribution in [1.29, 1.82) is 0 Å². The summed E-state index contributed by atoms with van der Waals surface area (Å²) >= 11 is 1.51. The number of benzene rings is 2. The average molecular weight is 381 g/mol. The lowest BCUT2D eigenvalue weighted by Crippen LogP contribution is -2.01. The Kier molecular flexibility index (Phi) is 6.14. The Hall–Kier alpha value is -2.79. The van der Waals surface area contributed by atoms with Gasteiger partial charge in [-0.3, -0.25) is 0 Å². The molecule has 1 aromatic heterocycles. The van der Waals surface area contributed by atoms with Gasteiger partial charge in [-0.2, -0.15) is 0 Å². The smallest absolute Gasteiger partial charge is 0.331 e. The summed E-state index contributed by atoms with van der Waals surface area (Å²) in [6.07, 6.45) is 2.62. The van der Waals surface area contributed by atoms with E-state index in [1.807, 2.05) is 5.38 Å². The fourth-order valence-corrected chi connectivity index (χ4v) is 3.29. The van der Waals surface area contributed by atoms with Gasteiger partial charge >= 0.3 is 5.97 Å². The molecule has 0 aliphatic rings. The largest absolute Gasteiger partial charge is 0.456 e. The van der Waals surface area contributed by atoms with Crippen LogP contribution in [0.4, 0.5) is 4.39 Å². The van der Waals surface area contributed by atoms with E-state index in [-0.39, 0.29) is 12.4 Å². The second-order valence-electron chi connectivity index (χ2n) is 6.38. The van der Waals surface area contributed by atoms with Crippen LogP contribution in [0.15, 0.2) is 60.0 Å². The van der Waals surface area contributed by atoms with Gasteiger partial charge in [0.05, 0.1) is 5.69 Å². The maximum absolute atomic E-state index is 13.5. The first kappa shape index (κ1) is 19.0. The lowest BCUT2D eigenvalue weighted by Gasteiger charge is -2.05. The summed E-state index contributed by atoms with van der Waals surface area (Å²) in [6.45, 7) is 4.40. The van der Waals surface area contributed by atoms with Gasteiger partial charge in [-0.25, -0.2) is 14.2 Å². The number of rotatable bonds is 6. The first-order chi connectivity index (χ1) is 13.0. The third-order valence-electron chi connectivity index (χ3n) is 4.04. The van der Waals surface area contributed by atoms with Gasteiger partial charge in [-0.1, -0.05) is 56.3 Å². The molecule has 3 nitrogen and oxygen atoms in total. The highest BCUT2D eigenvalue weighted by molar-refractivity contribution is 7.13. The molecule has 0 spiro atoms. The van der Waals surface area contributed by atoms with E-state index in [4.69, 9.17) is 4.74 Å². The summed E-state index contributed by atoms with van der Waals surface area (Å²) in [6, 6.07) is 14.6. The van der Waals surface area contributed by atoms with Crippen molar-refractivity contribution in [2.75, 3.05) is 0 Å². The van der Waals surface area contributed by atoms with E-state index >= 15 is 0 Å². The highest BCUT2D eigenvalue weighted by Gasteiger charge is 2.08. The van der Waals surface area contributed by atoms with Crippen LogP contribution in [0.3, 0.4) is 0 Å². The van der Waals surface area contributed by atoms with Crippen LogP contribution >= 0.6 is 11.3 Å². The van der Waals surface area contributed by atoms with Crippen LogP contribution in [0.25, 0.3) is 16.6 Å². The molecule has 0 N–H and O–H groups in total. The summed E-state index contributed by atoms with van der Waals surface area (Å²) in [7, 11) is 0. The Labute approximate surface area is 162 Å². The minimum Gasteiger partial charge on any atom is -0.456 e. The molecule has 0 fully saturated rings. The molecule has 0 aliphatic heterocycles. The highest BCUT2D eigenvalue weighted by atomic mass is 32.1. The quantitative estimate of drug-likeness (QED) is 0.398. The third-order valence-corrected chi connectivity index (χ3v) is 4.98. The summed E-state index contributed by atoms with van der Waals surface area (Å²) in [5.74, 6) is -0.425. The number of hydrogen-bond donors (Lipinski definition) is 0. The molecule has 1 heterocycles. The van der Waals surface area contributed by atoms with Crippen molar-refractivity contribution in [3.8, 4) is 10.6 Å². The zero-order valence-electron chi connectivity index (χ0n) is 15.2. The molecule has 0 saturated heterocycles. The normalized spacial score (nSPS) is 11.3. The van der Waals surface area contributed by atoms with Gasteiger partial charge in [0.15, 0.2) is 0 Å². The van der Waals surface area contributed by atoms with Gasteiger partial charge in [0.2, 0.25) is 0 Å². The maximum atomic E-state index is 13.5. The first-order valence-corrected chi connectivity index (χ1v) is 9.55. The molecule has 5 heteroatoms. The molecule has 27 heavy (non-hydrogen) atoms. The number of carbonyl (C=O) groups is 1. The number of hydrogen-bond acceptors (Lipinski definition) is 4. The second-order valence-corrected chi connectivity index (χ2v) is 7.24. The van der Waals surface area contributed by atoms with Crippen LogP contribution in [-0.4, -0.2) is 11.0 Å². The van der Waals surface area contributed by atoms with Crippen LogP contribution in [-0.2, 0) is 16.1 Å². The monoisotopic (exact) mass is 381 g/mol. The Morgan fingerprint density at radius 3 is 2.63 bits per heavy atom. The molecule has 138 valence electrons. The molecule has 3 rings (SSSR count). The maximum Gasteiger partial charge on any atom is 0.331 e. The van der Waals surface area contributed by atoms with Gasteiger partial charge in [-0.15, -0.1) is 11.3 Å². The lowest BCUT2D eigenvalue weighted by atomic mass is 10.0. The van der Waals surface area contributed by atoms with Gasteiger partial charge in [0, 0.05) is 22.6 Å². The molecule has 0 bridgehead atoms. The van der Waals surface area contributed by atoms with Crippen molar-refractivity contribution in [2.45, 2.75) is 26.4 Å². The van der Waals surface area contributed by atoms with Crippen molar-refractivity contribution >= 4 is 23.4 Å². The van der Waals surface area contributed by atoms with E-state index in [0.717, 1.165) is 10.6 Å². The van der Waals surface area contributed by atoms with Crippen LogP contribution in [0.1, 0.15) is 36.6 Å². The van der Waals surface area contributed by atoms with E-state index in [1.165, 1.54) is 35.1 Å². The summed E-state index contributed by atoms with van der Waals surface area (Å²) in [4.78, 5) is 16.3. The zero-order chi connectivity index (χ0) is 19.2. The topological polar surface area (TPSA) is 39.2 Å². The molecule has 0 unspecified atom stereocenters. The fraction of sp³-hybridized carbons (Fsp3) is 0.182. The summed E-state index contributed by atoms with van der Waals surface area (Å²) in [5, 5.41) is 2.76. The molecule has 0 amide bonds. The molecule has 0 saturated carbocycles. The molecular formula is C22H20FNO2S. The predicted octanol–water partition coefficient (Wildman–Crippen LogP) is 5.83. The lowest BCUT2D eigenvalue weighted by molar-refractivity contribution is -0.139. The van der Waals surface area contributed by atoms with E-state index < -0.39 is 5.97 Å². The van der Waals surface area contributed by atoms with Crippen LogP contribution in [0, 0.1) is 5.82 Å². The highest BCUT2D eigenvalue weighted by Crippen LogP contribution is 2.26. The third kappa shape index (κ3) is 5.11. The fourth-order valence-electron chi connectivity index (χ4n) is 2.48. The molecular weight excluding hydrogens is 361 g/mol. The minimum atomic E-state index is -0.533. The number of nitrogens with zero attached hydrogens (tertiary/aromatic N) is 1. The van der Waals surface area contributed by atoms with E-state index in [9.17, 15) is 9.18 Å². The van der Waals surface area contributed by atoms with Crippen LogP contribution in [0.2, 0.25) is 0 Å². The van der Waals surface area contributed by atoms with E-state index in [2.05, 4.69) is 43.1 Å². The van der Waals surface area contributed by atoms with Gasteiger partial charge < -0.3 is 4.74 Å². The van der Waals surface area contributed by atoms with Crippen LogP contribution < -0.4 is 0 Å². The Morgan fingerprint density at radius 2 is 1.93 bits per heavy atom. The number of carbonyl (C=O) groups excluding carboxylic acids is 1. The number of ether oxygens (including phenoxy) is 1. The van der Waals surface area contributed by atoms with E-state index in [0.29, 0.717) is 17.2 Å². The van der Waals surface area contributed by atoms with Crippen LogP contribution in [0.5, 0.6) is 0 Å².